The summed E-state index contributed by atoms with van der Waals surface area (Å²) < 4.78 is 14.4. The quantitative estimate of drug-likeness (QED) is 0.526. The highest BCUT2D eigenvalue weighted by Crippen LogP contribution is 2.50. The van der Waals surface area contributed by atoms with E-state index in [1.165, 1.54) is 30.5 Å². The Hall–Kier alpha value is -4.33. The molecule has 0 spiro atoms. The summed E-state index contributed by atoms with van der Waals surface area (Å²) in [5, 5.41) is 2.44. The molecule has 2 unspecified atom stereocenters. The maximum Gasteiger partial charge on any atom is 0.251 e. The van der Waals surface area contributed by atoms with Crippen molar-refractivity contribution in [3.8, 4) is 0 Å². The molecule has 8 heteroatoms. The molecule has 0 saturated carbocycles. The number of fused-ring (bicyclic) bond motifs is 3. The molecule has 3 N–H and O–H groups in total. The van der Waals surface area contributed by atoms with Crippen LogP contribution in [0.5, 0.6) is 0 Å². The maximum absolute atomic E-state index is 14.4. The number of aliphatic imine (C=N–C) groups is 2. The van der Waals surface area contributed by atoms with Gasteiger partial charge in [0.25, 0.3) is 5.91 Å². The number of nitrogens with one attached hydrogen (secondary N) is 1. The Bertz CT molecular complexity index is 1260. The second-order valence-electron chi connectivity index (χ2n) is 7.83. The summed E-state index contributed by atoms with van der Waals surface area (Å²) in [7, 11) is 0. The highest BCUT2D eigenvalue weighted by molar-refractivity contribution is 6.06. The number of anilines is 2. The number of benzene rings is 2. The van der Waals surface area contributed by atoms with Gasteiger partial charge in [-0.05, 0) is 61.7 Å². The molecule has 2 atom stereocenters. The zero-order valence-electron chi connectivity index (χ0n) is 17.9. The minimum absolute atomic E-state index is 0.0434. The third-order valence-electron chi connectivity index (χ3n) is 5.55. The average Bonchev–Trinajstić information content (AvgIpc) is 2.81. The topological polar surface area (TPSA) is 100 Å². The molecule has 166 valence electrons. The minimum Gasteiger partial charge on any atom is -0.405 e. The van der Waals surface area contributed by atoms with Crippen molar-refractivity contribution in [2.45, 2.75) is 13.0 Å². The van der Waals surface area contributed by atoms with Crippen LogP contribution in [0.3, 0.4) is 0 Å². The normalized spacial score (nSPS) is 21.3. The molecule has 0 radical (unpaired) electrons. The van der Waals surface area contributed by atoms with Crippen molar-refractivity contribution in [1.29, 1.82) is 0 Å². The van der Waals surface area contributed by atoms with Crippen molar-refractivity contribution in [2.75, 3.05) is 10.2 Å². The van der Waals surface area contributed by atoms with E-state index in [1.54, 1.807) is 23.4 Å². The van der Waals surface area contributed by atoms with Crippen molar-refractivity contribution in [3.05, 3.63) is 84.9 Å². The number of nitrogens with two attached hydrogens (primary N) is 1. The lowest BCUT2D eigenvalue weighted by Crippen LogP contribution is -2.47. The Kier molecular flexibility index (Phi) is 5.74. The molecule has 2 aliphatic rings. The van der Waals surface area contributed by atoms with Gasteiger partial charge in [-0.15, -0.1) is 0 Å². The largest absolute Gasteiger partial charge is 0.405 e. The van der Waals surface area contributed by atoms with Gasteiger partial charge in [-0.3, -0.25) is 24.5 Å². The summed E-state index contributed by atoms with van der Waals surface area (Å²) in [5.74, 6) is -1.44. The summed E-state index contributed by atoms with van der Waals surface area (Å²) in [6.07, 6.45) is 10.7. The molecule has 0 bridgehead atoms. The highest BCUT2D eigenvalue weighted by Gasteiger charge is 2.45. The number of amides is 2. The molecule has 2 aromatic carbocycles. The molecule has 33 heavy (non-hydrogen) atoms. The van der Waals surface area contributed by atoms with E-state index in [9.17, 15) is 14.0 Å². The Balaban J connectivity index is 1.84. The van der Waals surface area contributed by atoms with Gasteiger partial charge in [0.05, 0.1) is 23.1 Å². The molecule has 4 rings (SSSR count). The predicted molar refractivity (Wildman–Crippen MR) is 129 cm³/mol. The van der Waals surface area contributed by atoms with Gasteiger partial charge < -0.3 is 11.1 Å². The molecule has 0 saturated heterocycles. The summed E-state index contributed by atoms with van der Waals surface area (Å²) in [6.45, 7) is 5.36. The number of halogens is 1. The fraction of sp³-hybridized carbons (Fsp3) is 0.120. The van der Waals surface area contributed by atoms with E-state index in [0.29, 0.717) is 17.1 Å². The molecule has 2 aliphatic heterocycles. The van der Waals surface area contributed by atoms with Gasteiger partial charge in [-0.2, -0.15) is 0 Å². The Labute approximate surface area is 190 Å². The van der Waals surface area contributed by atoms with Crippen LogP contribution < -0.4 is 16.0 Å². The predicted octanol–water partition coefficient (Wildman–Crippen LogP) is 4.49. The summed E-state index contributed by atoms with van der Waals surface area (Å²) >= 11 is 0. The first kappa shape index (κ1) is 21.9. The first-order valence-electron chi connectivity index (χ1n) is 10.2. The van der Waals surface area contributed by atoms with Gasteiger partial charge in [-0.1, -0.05) is 12.7 Å². The number of allylic oxidation sites excluding steroid dienone is 1. The van der Waals surface area contributed by atoms with E-state index in [2.05, 4.69) is 21.9 Å². The number of carbonyl (C=O) groups excluding carboxylic acids is 2. The zero-order chi connectivity index (χ0) is 23.6. The van der Waals surface area contributed by atoms with Crippen LogP contribution in [-0.4, -0.2) is 24.2 Å². The van der Waals surface area contributed by atoms with Crippen molar-refractivity contribution < 1.29 is 14.0 Å². The molecule has 0 aliphatic carbocycles. The molecule has 7 nitrogen and oxygen atoms in total. The van der Waals surface area contributed by atoms with Crippen molar-refractivity contribution in [1.82, 2.24) is 0 Å². The smallest absolute Gasteiger partial charge is 0.251 e. The summed E-state index contributed by atoms with van der Waals surface area (Å²) in [5.41, 5.74) is 7.32. The molecule has 0 fully saturated rings. The lowest BCUT2D eigenvalue weighted by molar-refractivity contribution is -0.115. The van der Waals surface area contributed by atoms with Crippen LogP contribution in [0.4, 0.5) is 27.1 Å². The number of hydrogen-bond acceptors (Lipinski definition) is 5. The fourth-order valence-electron chi connectivity index (χ4n) is 3.98. The SMILES string of the molecule is C=CC(=O)Nc1cc(N2C(=O)C=CC3(C)C=Nc4ccc(N=CC=CN)cc4C23)ccc1F. The number of nitrogens with zero attached hydrogens (tertiary/aromatic N) is 3. The van der Waals surface area contributed by atoms with Gasteiger partial charge in [0.15, 0.2) is 0 Å². The third kappa shape index (κ3) is 4.10. The van der Waals surface area contributed by atoms with Crippen LogP contribution in [0.25, 0.3) is 0 Å². The van der Waals surface area contributed by atoms with Crippen LogP contribution >= 0.6 is 0 Å². The Morgan fingerprint density at radius 2 is 2.15 bits per heavy atom. The standard InChI is InChI=1S/C25H22FN5O2/c1-3-22(32)30-21-14-17(6-7-19(21)26)31-23(33)9-10-25(2)15-29-20-8-5-16(28-12-4-11-27)13-18(20)24(25)31/h3-15,24H,1,27H2,2H3,(H,30,32). The van der Waals surface area contributed by atoms with E-state index in [0.717, 1.165) is 11.6 Å². The van der Waals surface area contributed by atoms with Gasteiger partial charge in [0.2, 0.25) is 5.91 Å². The van der Waals surface area contributed by atoms with E-state index in [-0.39, 0.29) is 11.6 Å². The molecule has 2 amide bonds. The molecule has 2 aromatic rings. The number of carbonyl (C=O) groups is 2. The lowest BCUT2D eigenvalue weighted by atomic mass is 9.74. The third-order valence-corrected chi connectivity index (χ3v) is 5.55. The number of rotatable bonds is 5. The van der Waals surface area contributed by atoms with E-state index < -0.39 is 23.2 Å². The van der Waals surface area contributed by atoms with E-state index in [1.807, 2.05) is 31.2 Å². The first-order chi connectivity index (χ1) is 15.9. The molecular formula is C25H22FN5O2. The van der Waals surface area contributed by atoms with E-state index in [4.69, 9.17) is 5.73 Å². The minimum atomic E-state index is -0.619. The molecule has 2 heterocycles. The number of hydrogen-bond donors (Lipinski definition) is 2. The van der Waals surface area contributed by atoms with Crippen LogP contribution in [0.15, 0.2) is 83.5 Å². The fourth-order valence-corrected chi connectivity index (χ4v) is 3.98. The Morgan fingerprint density at radius 1 is 1.33 bits per heavy atom. The summed E-state index contributed by atoms with van der Waals surface area (Å²) in [4.78, 5) is 35.4. The molecule has 0 aromatic heterocycles. The summed E-state index contributed by atoms with van der Waals surface area (Å²) in [6, 6.07) is 9.24. The second kappa shape index (κ2) is 8.66. The van der Waals surface area contributed by atoms with Gasteiger partial charge >= 0.3 is 0 Å². The van der Waals surface area contributed by atoms with Gasteiger partial charge in [-0.25, -0.2) is 4.39 Å². The maximum atomic E-state index is 14.4. The van der Waals surface area contributed by atoms with Crippen molar-refractivity contribution >= 4 is 47.0 Å². The van der Waals surface area contributed by atoms with Crippen LogP contribution in [0.1, 0.15) is 18.5 Å². The molecular weight excluding hydrogens is 421 g/mol. The Morgan fingerprint density at radius 3 is 2.91 bits per heavy atom. The van der Waals surface area contributed by atoms with Crippen molar-refractivity contribution in [2.24, 2.45) is 21.1 Å². The van der Waals surface area contributed by atoms with Gasteiger partial charge in [0.1, 0.15) is 5.82 Å². The zero-order valence-corrected chi connectivity index (χ0v) is 17.9. The second-order valence-corrected chi connectivity index (χ2v) is 7.83. The van der Waals surface area contributed by atoms with Crippen LogP contribution in [0, 0.1) is 11.2 Å². The lowest BCUT2D eigenvalue weighted by Gasteiger charge is -2.45. The van der Waals surface area contributed by atoms with Crippen LogP contribution in [0.2, 0.25) is 0 Å². The average molecular weight is 443 g/mol. The first-order valence-corrected chi connectivity index (χ1v) is 10.2. The van der Waals surface area contributed by atoms with Crippen molar-refractivity contribution in [3.63, 3.8) is 0 Å². The van der Waals surface area contributed by atoms with Gasteiger partial charge in [0, 0.05) is 35.2 Å². The van der Waals surface area contributed by atoms with Crippen LogP contribution in [-0.2, 0) is 9.59 Å². The monoisotopic (exact) mass is 443 g/mol. The highest BCUT2D eigenvalue weighted by atomic mass is 19.1. The van der Waals surface area contributed by atoms with E-state index >= 15 is 0 Å².